The molecule has 0 saturated carbocycles. The molecule has 0 radical (unpaired) electrons. The summed E-state index contributed by atoms with van der Waals surface area (Å²) in [6.07, 6.45) is 3.05. The van der Waals surface area contributed by atoms with E-state index in [4.69, 9.17) is 0 Å². The zero-order valence-electron chi connectivity index (χ0n) is 24.4. The number of nitrogens with zero attached hydrogens (tertiary/aromatic N) is 6. The average Bonchev–Trinajstić information content (AvgIpc) is 2.98. The molecule has 1 saturated heterocycles. The molecule has 1 N–H and O–H groups in total. The number of aryl methyl sites for hydroxylation is 1. The van der Waals surface area contributed by atoms with E-state index in [0.717, 1.165) is 27.3 Å². The number of carbonyl (C=O) groups is 1. The monoisotopic (exact) mass is 600 g/mol. The number of hydrogen-bond donors (Lipinski definition) is 1. The first kappa shape index (κ1) is 30.3. The maximum absolute atomic E-state index is 15.9. The Hall–Kier alpha value is -5.18. The number of pyridine rings is 2. The molecule has 44 heavy (non-hydrogen) atoms. The molecule has 0 spiro atoms. The minimum atomic E-state index is -1.03. The first-order valence-electron chi connectivity index (χ1n) is 14.1. The summed E-state index contributed by atoms with van der Waals surface area (Å²) in [5.74, 6) is -3.08. The number of benzene rings is 1. The van der Waals surface area contributed by atoms with Gasteiger partial charge in [-0.05, 0) is 55.5 Å². The van der Waals surface area contributed by atoms with E-state index in [-0.39, 0.29) is 48.8 Å². The highest BCUT2D eigenvalue weighted by atomic mass is 19.1. The van der Waals surface area contributed by atoms with E-state index >= 15 is 4.39 Å². The number of nitriles is 1. The summed E-state index contributed by atoms with van der Waals surface area (Å²) in [7, 11) is 0. The van der Waals surface area contributed by atoms with E-state index in [0.29, 0.717) is 16.9 Å². The van der Waals surface area contributed by atoms with Crippen LogP contribution in [0.5, 0.6) is 5.75 Å². The van der Waals surface area contributed by atoms with Crippen LogP contribution < -0.4 is 11.1 Å². The lowest BCUT2D eigenvalue weighted by Gasteiger charge is -2.39. The summed E-state index contributed by atoms with van der Waals surface area (Å²) in [5, 5.41) is 19.9. The predicted octanol–water partition coefficient (Wildman–Crippen LogP) is 4.66. The Labute approximate surface area is 251 Å². The number of piperidine rings is 1. The lowest BCUT2D eigenvalue weighted by Crippen LogP contribution is -2.49. The largest absolute Gasteiger partial charge is 0.507 e. The van der Waals surface area contributed by atoms with Gasteiger partial charge in [0, 0.05) is 30.9 Å². The number of hydrogen-bond acceptors (Lipinski definition) is 7. The smallest absolute Gasteiger partial charge is 0.322 e. The van der Waals surface area contributed by atoms with Crippen molar-refractivity contribution in [2.24, 2.45) is 0 Å². The lowest BCUT2D eigenvalue weighted by atomic mass is 9.94. The van der Waals surface area contributed by atoms with E-state index in [1.54, 1.807) is 19.2 Å². The lowest BCUT2D eigenvalue weighted by molar-refractivity contribution is -0.130. The summed E-state index contributed by atoms with van der Waals surface area (Å²) < 4.78 is 33.1. The SMILES string of the molecule is C=CC(=O)N1CCC(n2c(=O)c(=O)n(-c3c(C)ccnc3C(C)C)c3nc(-c4c(O)cccc4F)c(F)cc32)C[C@@H]1CC#N. The Balaban J connectivity index is 1.87. The van der Waals surface area contributed by atoms with Gasteiger partial charge < -0.3 is 10.0 Å². The topological polar surface area (TPSA) is 134 Å². The summed E-state index contributed by atoms with van der Waals surface area (Å²) in [6.45, 7) is 9.15. The molecule has 3 aromatic heterocycles. The van der Waals surface area contributed by atoms with Gasteiger partial charge in [0.1, 0.15) is 17.3 Å². The molecule has 10 nitrogen and oxygen atoms in total. The van der Waals surface area contributed by atoms with Crippen molar-refractivity contribution in [1.29, 1.82) is 5.26 Å². The number of fused-ring (bicyclic) bond motifs is 1. The third-order valence-electron chi connectivity index (χ3n) is 8.00. The van der Waals surface area contributed by atoms with Gasteiger partial charge in [-0.2, -0.15) is 5.26 Å². The van der Waals surface area contributed by atoms with Gasteiger partial charge in [0.25, 0.3) is 0 Å². The van der Waals surface area contributed by atoms with E-state index in [9.17, 15) is 29.1 Å². The highest BCUT2D eigenvalue weighted by molar-refractivity contribution is 5.87. The van der Waals surface area contributed by atoms with E-state index in [2.05, 4.69) is 22.6 Å². The third kappa shape index (κ3) is 5.04. The second-order valence-electron chi connectivity index (χ2n) is 11.1. The first-order chi connectivity index (χ1) is 21.0. The molecule has 4 aromatic rings. The maximum atomic E-state index is 15.9. The summed E-state index contributed by atoms with van der Waals surface area (Å²) in [4.78, 5) is 50.9. The second-order valence-corrected chi connectivity index (χ2v) is 11.1. The average molecular weight is 601 g/mol. The van der Waals surface area contributed by atoms with Crippen LogP contribution in [0.15, 0.2) is 58.8 Å². The molecule has 1 aromatic carbocycles. The quantitative estimate of drug-likeness (QED) is 0.251. The molecule has 226 valence electrons. The number of amides is 1. The Bertz CT molecular complexity index is 1960. The van der Waals surface area contributed by atoms with Crippen LogP contribution in [0, 0.1) is 29.9 Å². The standard InChI is InChI=1S/C32H30F2N6O4/c1-5-25(42)38-14-11-20(15-19(38)9-12-35)39-23-16-22(34)28(26-21(33)7-6-8-24(26)41)37-30(23)40(32(44)31(39)43)29-18(4)10-13-36-27(29)17(2)3/h5-8,10,13,16-17,19-20,41H,1,9,11,14-15H2,2-4H3/t19-,20?/m0/s1. The molecule has 4 heterocycles. The number of phenolic OH excluding ortho intramolecular Hbond substituents is 1. The van der Waals surface area contributed by atoms with Crippen LogP contribution in [0.1, 0.15) is 56.3 Å². The van der Waals surface area contributed by atoms with Crippen LogP contribution in [0.25, 0.3) is 28.1 Å². The molecule has 1 amide bonds. The fraction of sp³-hybridized carbons (Fsp3) is 0.312. The molecule has 5 rings (SSSR count). The molecule has 2 atom stereocenters. The normalized spacial score (nSPS) is 16.7. The van der Waals surface area contributed by atoms with Crippen molar-refractivity contribution in [1.82, 2.24) is 24.0 Å². The van der Waals surface area contributed by atoms with Gasteiger partial charge in [-0.25, -0.2) is 13.8 Å². The van der Waals surface area contributed by atoms with Crippen molar-refractivity contribution in [2.45, 2.75) is 58.0 Å². The summed E-state index contributed by atoms with van der Waals surface area (Å²) in [6, 6.07) is 6.93. The molecular formula is C32H30F2N6O4. The highest BCUT2D eigenvalue weighted by Gasteiger charge is 2.34. The van der Waals surface area contributed by atoms with Gasteiger partial charge in [-0.15, -0.1) is 0 Å². The maximum Gasteiger partial charge on any atom is 0.322 e. The van der Waals surface area contributed by atoms with Crippen LogP contribution in [0.4, 0.5) is 8.78 Å². The van der Waals surface area contributed by atoms with Crippen molar-refractivity contribution >= 4 is 17.1 Å². The molecule has 1 aliphatic heterocycles. The number of phenols is 1. The van der Waals surface area contributed by atoms with Crippen molar-refractivity contribution in [3.8, 4) is 28.8 Å². The predicted molar refractivity (Wildman–Crippen MR) is 159 cm³/mol. The van der Waals surface area contributed by atoms with Crippen LogP contribution in [0.3, 0.4) is 0 Å². The zero-order chi connectivity index (χ0) is 31.9. The van der Waals surface area contributed by atoms with E-state index in [1.807, 2.05) is 13.8 Å². The zero-order valence-corrected chi connectivity index (χ0v) is 24.4. The van der Waals surface area contributed by atoms with Crippen LogP contribution in [0.2, 0.25) is 0 Å². The second kappa shape index (κ2) is 11.8. The Morgan fingerprint density at radius 3 is 2.64 bits per heavy atom. The fourth-order valence-corrected chi connectivity index (χ4v) is 5.96. The third-order valence-corrected chi connectivity index (χ3v) is 8.00. The number of rotatable bonds is 6. The minimum Gasteiger partial charge on any atom is -0.507 e. The van der Waals surface area contributed by atoms with Crippen molar-refractivity contribution in [3.05, 3.63) is 92.8 Å². The van der Waals surface area contributed by atoms with Gasteiger partial charge >= 0.3 is 11.1 Å². The van der Waals surface area contributed by atoms with Gasteiger partial charge in [-0.1, -0.05) is 26.5 Å². The fourth-order valence-electron chi connectivity index (χ4n) is 5.96. The Morgan fingerprint density at radius 1 is 1.23 bits per heavy atom. The first-order valence-corrected chi connectivity index (χ1v) is 14.1. The molecule has 0 bridgehead atoms. The van der Waals surface area contributed by atoms with Gasteiger partial charge in [0.15, 0.2) is 11.5 Å². The molecule has 0 aliphatic carbocycles. The van der Waals surface area contributed by atoms with Gasteiger partial charge in [0.05, 0.1) is 35.0 Å². The summed E-state index contributed by atoms with van der Waals surface area (Å²) in [5.41, 5.74) is -1.82. The number of aromatic nitrogens is 4. The van der Waals surface area contributed by atoms with Gasteiger partial charge in [-0.3, -0.25) is 28.5 Å². The Morgan fingerprint density at radius 2 is 1.98 bits per heavy atom. The van der Waals surface area contributed by atoms with Gasteiger partial charge in [0.2, 0.25) is 5.91 Å². The van der Waals surface area contributed by atoms with Crippen molar-refractivity contribution < 1.29 is 18.7 Å². The van der Waals surface area contributed by atoms with Crippen LogP contribution in [-0.4, -0.2) is 47.6 Å². The number of aromatic hydroxyl groups is 1. The van der Waals surface area contributed by atoms with Crippen LogP contribution in [-0.2, 0) is 4.79 Å². The molecule has 12 heteroatoms. The molecule has 1 unspecified atom stereocenters. The number of likely N-dealkylation sites (tertiary alicyclic amines) is 1. The minimum absolute atomic E-state index is 0.0320. The molecule has 1 aliphatic rings. The van der Waals surface area contributed by atoms with Crippen LogP contribution >= 0.6 is 0 Å². The van der Waals surface area contributed by atoms with Crippen molar-refractivity contribution in [3.63, 3.8) is 0 Å². The van der Waals surface area contributed by atoms with E-state index in [1.165, 1.54) is 17.0 Å². The molecule has 1 fully saturated rings. The number of halogens is 2. The number of carbonyl (C=O) groups excluding carboxylic acids is 1. The molecular weight excluding hydrogens is 570 g/mol. The van der Waals surface area contributed by atoms with Crippen molar-refractivity contribution in [2.75, 3.05) is 6.54 Å². The van der Waals surface area contributed by atoms with E-state index < -0.39 is 51.8 Å². The highest BCUT2D eigenvalue weighted by Crippen LogP contribution is 2.36. The summed E-state index contributed by atoms with van der Waals surface area (Å²) >= 11 is 0. The Kier molecular flexibility index (Phi) is 8.15.